The molecule has 2 heterocycles. The van der Waals surface area contributed by atoms with Crippen molar-refractivity contribution in [2.45, 2.75) is 0 Å². The summed E-state index contributed by atoms with van der Waals surface area (Å²) in [6.45, 7) is 7.70. The van der Waals surface area contributed by atoms with Crippen LogP contribution in [0.25, 0.3) is 93.2 Å². The lowest BCUT2D eigenvalue weighted by Crippen LogP contribution is -2.02. The summed E-state index contributed by atoms with van der Waals surface area (Å²) < 4.78 is 4.70. The quantitative estimate of drug-likeness (QED) is 0.166. The van der Waals surface area contributed by atoms with Gasteiger partial charge in [0.1, 0.15) is 0 Å². The zero-order valence-corrected chi connectivity index (χ0v) is 29.1. The lowest BCUT2D eigenvalue weighted by Gasteiger charge is -2.21. The Morgan fingerprint density at radius 2 is 1.00 bits per heavy atom. The third-order valence-corrected chi connectivity index (χ3v) is 10.6. The van der Waals surface area contributed by atoms with Gasteiger partial charge in [0.25, 0.3) is 0 Å². The summed E-state index contributed by atoms with van der Waals surface area (Å²) in [7, 11) is 0. The molecule has 0 amide bonds. The van der Waals surface area contributed by atoms with Crippen LogP contribution >= 0.6 is 0 Å². The SMILES string of the molecule is [C-]#[N+]c1ccc2c(c1)c1cc(C#N)ccc1n2-c1ccc(-c2cccc(-c3ccccc3)c2-n2c3ccccc3c3ccccc32)c(-c2ccccc2)c1. The Balaban J connectivity index is 1.30. The highest BCUT2D eigenvalue weighted by Gasteiger charge is 2.22. The molecule has 0 radical (unpaired) electrons. The molecule has 0 aliphatic rings. The predicted octanol–water partition coefficient (Wildman–Crippen LogP) is 13.3. The van der Waals surface area contributed by atoms with E-state index in [0.717, 1.165) is 77.6 Å². The number of rotatable bonds is 5. The first-order chi connectivity index (χ1) is 26.7. The van der Waals surface area contributed by atoms with E-state index in [0.29, 0.717) is 11.3 Å². The van der Waals surface area contributed by atoms with Gasteiger partial charge in [0.2, 0.25) is 0 Å². The molecule has 0 bridgehead atoms. The third kappa shape index (κ3) is 4.83. The van der Waals surface area contributed by atoms with Crippen LogP contribution in [0.1, 0.15) is 5.56 Å². The Hall–Kier alpha value is -7.66. The van der Waals surface area contributed by atoms with E-state index in [1.54, 1.807) is 0 Å². The molecule has 0 N–H and O–H groups in total. The fourth-order valence-corrected chi connectivity index (χ4v) is 8.21. The average Bonchev–Trinajstić information content (AvgIpc) is 3.75. The van der Waals surface area contributed by atoms with Gasteiger partial charge in [-0.15, -0.1) is 0 Å². The lowest BCUT2D eigenvalue weighted by atomic mass is 9.90. The van der Waals surface area contributed by atoms with Crippen molar-refractivity contribution in [3.63, 3.8) is 0 Å². The molecule has 250 valence electrons. The minimum Gasteiger partial charge on any atom is -0.309 e. The Bertz CT molecular complexity index is 3050. The van der Waals surface area contributed by atoms with E-state index in [1.165, 1.54) is 10.8 Å². The van der Waals surface area contributed by atoms with Gasteiger partial charge in [0, 0.05) is 33.0 Å². The van der Waals surface area contributed by atoms with Crippen LogP contribution in [0.3, 0.4) is 0 Å². The van der Waals surface area contributed by atoms with Gasteiger partial charge >= 0.3 is 0 Å². The Kier molecular flexibility index (Phi) is 7.22. The lowest BCUT2D eigenvalue weighted by molar-refractivity contribution is 1.17. The number of aromatic nitrogens is 2. The zero-order valence-electron chi connectivity index (χ0n) is 29.1. The van der Waals surface area contributed by atoms with E-state index >= 15 is 0 Å². The maximum atomic E-state index is 9.79. The van der Waals surface area contributed by atoms with Gasteiger partial charge in [-0.3, -0.25) is 0 Å². The number of para-hydroxylation sites is 3. The van der Waals surface area contributed by atoms with Crippen LogP contribution in [0.2, 0.25) is 0 Å². The van der Waals surface area contributed by atoms with Crippen LogP contribution in [0.4, 0.5) is 5.69 Å². The molecule has 0 fully saturated rings. The normalized spacial score (nSPS) is 11.3. The molecule has 4 nitrogen and oxygen atoms in total. The molecule has 0 spiro atoms. The summed E-state index contributed by atoms with van der Waals surface area (Å²) in [5.41, 5.74) is 14.3. The Morgan fingerprint density at radius 1 is 0.426 bits per heavy atom. The van der Waals surface area contributed by atoms with Crippen LogP contribution in [0, 0.1) is 17.9 Å². The molecule has 10 aromatic rings. The summed E-state index contributed by atoms with van der Waals surface area (Å²) in [4.78, 5) is 3.72. The standard InChI is InChI=1S/C50H30N4/c1-52-36-24-28-49-45(30-36)44-29-33(32-51)23-27-48(44)53(49)37-25-26-39(43(31-37)35-15-6-3-7-16-35)42-20-12-19-38(34-13-4-2-5-14-34)50(42)54-46-21-10-8-17-40(46)41-18-9-11-22-47(41)54/h2-31H. The molecule has 8 aromatic carbocycles. The van der Waals surface area contributed by atoms with Crippen molar-refractivity contribution in [2.75, 3.05) is 0 Å². The van der Waals surface area contributed by atoms with Crippen molar-refractivity contribution in [1.82, 2.24) is 9.13 Å². The highest BCUT2D eigenvalue weighted by molar-refractivity contribution is 6.12. The predicted molar refractivity (Wildman–Crippen MR) is 222 cm³/mol. The number of hydrogen-bond acceptors (Lipinski definition) is 1. The highest BCUT2D eigenvalue weighted by Crippen LogP contribution is 2.45. The van der Waals surface area contributed by atoms with Gasteiger partial charge in [-0.25, -0.2) is 4.85 Å². The van der Waals surface area contributed by atoms with E-state index in [9.17, 15) is 5.26 Å². The molecule has 4 heteroatoms. The largest absolute Gasteiger partial charge is 0.309 e. The second-order valence-electron chi connectivity index (χ2n) is 13.5. The maximum absolute atomic E-state index is 9.79. The summed E-state index contributed by atoms with van der Waals surface area (Å²) >= 11 is 0. The van der Waals surface area contributed by atoms with E-state index in [4.69, 9.17) is 6.57 Å². The van der Waals surface area contributed by atoms with Gasteiger partial charge < -0.3 is 9.13 Å². The summed E-state index contributed by atoms with van der Waals surface area (Å²) in [5, 5.41) is 14.1. The van der Waals surface area contributed by atoms with E-state index in [1.807, 2.05) is 36.4 Å². The fraction of sp³-hybridized carbons (Fsp3) is 0. The Morgan fingerprint density at radius 3 is 1.67 bits per heavy atom. The molecule has 0 atom stereocenters. The summed E-state index contributed by atoms with van der Waals surface area (Å²) in [5.74, 6) is 0. The summed E-state index contributed by atoms with van der Waals surface area (Å²) in [6, 6.07) is 66.0. The summed E-state index contributed by atoms with van der Waals surface area (Å²) in [6.07, 6.45) is 0. The molecule has 54 heavy (non-hydrogen) atoms. The molecule has 0 aliphatic carbocycles. The number of fused-ring (bicyclic) bond motifs is 6. The van der Waals surface area contributed by atoms with E-state index in [2.05, 4.69) is 166 Å². The molecule has 2 aromatic heterocycles. The monoisotopic (exact) mass is 686 g/mol. The molecule has 10 rings (SSSR count). The van der Waals surface area contributed by atoms with Gasteiger partial charge in [0.05, 0.1) is 46.0 Å². The first-order valence-electron chi connectivity index (χ1n) is 17.9. The van der Waals surface area contributed by atoms with Gasteiger partial charge in [0.15, 0.2) is 5.69 Å². The zero-order chi connectivity index (χ0) is 36.2. The molecule has 0 saturated heterocycles. The molecular formula is C50H30N4. The molecular weight excluding hydrogens is 657 g/mol. The number of benzene rings is 8. The van der Waals surface area contributed by atoms with Crippen molar-refractivity contribution < 1.29 is 0 Å². The number of hydrogen-bond donors (Lipinski definition) is 0. The number of nitriles is 1. The third-order valence-electron chi connectivity index (χ3n) is 10.6. The fourth-order valence-electron chi connectivity index (χ4n) is 8.21. The van der Waals surface area contributed by atoms with E-state index in [-0.39, 0.29) is 0 Å². The van der Waals surface area contributed by atoms with Crippen LogP contribution < -0.4 is 0 Å². The van der Waals surface area contributed by atoms with Gasteiger partial charge in [-0.05, 0) is 82.2 Å². The van der Waals surface area contributed by atoms with Crippen LogP contribution in [0.15, 0.2) is 182 Å². The van der Waals surface area contributed by atoms with Crippen molar-refractivity contribution in [3.8, 4) is 50.8 Å². The van der Waals surface area contributed by atoms with Gasteiger partial charge in [-0.1, -0.05) is 127 Å². The van der Waals surface area contributed by atoms with Crippen molar-refractivity contribution in [2.24, 2.45) is 0 Å². The molecule has 0 saturated carbocycles. The van der Waals surface area contributed by atoms with Crippen LogP contribution in [-0.2, 0) is 0 Å². The highest BCUT2D eigenvalue weighted by atomic mass is 15.0. The molecule has 0 unspecified atom stereocenters. The second-order valence-corrected chi connectivity index (χ2v) is 13.5. The van der Waals surface area contributed by atoms with E-state index < -0.39 is 0 Å². The minimum absolute atomic E-state index is 0.570. The van der Waals surface area contributed by atoms with Crippen molar-refractivity contribution in [1.29, 1.82) is 5.26 Å². The number of nitrogens with zero attached hydrogens (tertiary/aromatic N) is 4. The average molecular weight is 687 g/mol. The topological polar surface area (TPSA) is 38.0 Å². The van der Waals surface area contributed by atoms with Gasteiger partial charge in [-0.2, -0.15) is 5.26 Å². The van der Waals surface area contributed by atoms with Crippen LogP contribution in [0.5, 0.6) is 0 Å². The minimum atomic E-state index is 0.570. The Labute approximate surface area is 312 Å². The maximum Gasteiger partial charge on any atom is 0.188 e. The first-order valence-corrected chi connectivity index (χ1v) is 17.9. The first kappa shape index (κ1) is 31.1. The molecule has 0 aliphatic heterocycles. The van der Waals surface area contributed by atoms with Crippen LogP contribution in [-0.4, -0.2) is 9.13 Å². The smallest absolute Gasteiger partial charge is 0.188 e. The van der Waals surface area contributed by atoms with Crippen molar-refractivity contribution >= 4 is 49.3 Å². The second kappa shape index (κ2) is 12.5. The van der Waals surface area contributed by atoms with Crippen molar-refractivity contribution in [3.05, 3.63) is 199 Å².